The Morgan fingerprint density at radius 1 is 1.22 bits per heavy atom. The van der Waals surface area contributed by atoms with Crippen LogP contribution in [0.15, 0.2) is 59.0 Å². The summed E-state index contributed by atoms with van der Waals surface area (Å²) in [6.07, 6.45) is 1.81. The molecule has 1 aromatic heterocycles. The first-order valence-corrected chi connectivity index (χ1v) is 9.54. The molecule has 0 saturated carbocycles. The van der Waals surface area contributed by atoms with E-state index in [2.05, 4.69) is 15.5 Å². The summed E-state index contributed by atoms with van der Waals surface area (Å²) in [4.78, 5) is 16.1. The minimum atomic E-state index is -0.195. The van der Waals surface area contributed by atoms with E-state index in [1.54, 1.807) is 6.21 Å². The van der Waals surface area contributed by atoms with Crippen molar-refractivity contribution in [3.8, 4) is 5.75 Å². The number of aromatic nitrogens is 1. The van der Waals surface area contributed by atoms with E-state index in [-0.39, 0.29) is 12.3 Å². The molecule has 0 aliphatic carbocycles. The molecule has 5 nitrogen and oxygen atoms in total. The molecule has 3 rings (SSSR count). The number of hydrazone groups is 1. The fourth-order valence-corrected chi connectivity index (χ4v) is 3.01. The third-order valence-electron chi connectivity index (χ3n) is 3.61. The van der Waals surface area contributed by atoms with Crippen LogP contribution in [0.4, 0.5) is 0 Å². The highest BCUT2D eigenvalue weighted by Gasteiger charge is 2.05. The number of aryl methyl sites for hydroxylation is 1. The van der Waals surface area contributed by atoms with E-state index < -0.39 is 0 Å². The van der Waals surface area contributed by atoms with Gasteiger partial charge in [0.25, 0.3) is 0 Å². The molecule has 1 heterocycles. The lowest BCUT2D eigenvalue weighted by Crippen LogP contribution is -2.19. The number of rotatable bonds is 7. The topological polar surface area (TPSA) is 63.6 Å². The molecule has 2 aromatic carbocycles. The highest BCUT2D eigenvalue weighted by molar-refractivity contribution is 7.09. The summed E-state index contributed by atoms with van der Waals surface area (Å²) < 4.78 is 5.73. The molecule has 7 heteroatoms. The molecule has 0 spiro atoms. The van der Waals surface area contributed by atoms with Crippen molar-refractivity contribution in [1.82, 2.24) is 10.4 Å². The van der Waals surface area contributed by atoms with Crippen molar-refractivity contribution < 1.29 is 9.53 Å². The van der Waals surface area contributed by atoms with Gasteiger partial charge >= 0.3 is 0 Å². The molecule has 1 N–H and O–H groups in total. The summed E-state index contributed by atoms with van der Waals surface area (Å²) in [7, 11) is 0. The first-order valence-electron chi connectivity index (χ1n) is 8.29. The van der Waals surface area contributed by atoms with E-state index in [0.29, 0.717) is 11.6 Å². The normalized spacial score (nSPS) is 10.9. The van der Waals surface area contributed by atoms with Crippen LogP contribution in [0.3, 0.4) is 0 Å². The van der Waals surface area contributed by atoms with Crippen molar-refractivity contribution in [1.29, 1.82) is 0 Å². The van der Waals surface area contributed by atoms with Crippen LogP contribution in [0.2, 0.25) is 5.02 Å². The zero-order valence-electron chi connectivity index (χ0n) is 14.7. The van der Waals surface area contributed by atoms with Gasteiger partial charge in [0.1, 0.15) is 12.4 Å². The Morgan fingerprint density at radius 3 is 2.63 bits per heavy atom. The molecule has 138 valence electrons. The van der Waals surface area contributed by atoms with Crippen molar-refractivity contribution in [2.24, 2.45) is 5.10 Å². The lowest BCUT2D eigenvalue weighted by Gasteiger charge is -2.06. The fourth-order valence-electron chi connectivity index (χ4n) is 2.27. The van der Waals surface area contributed by atoms with E-state index in [1.165, 1.54) is 11.3 Å². The average molecular weight is 400 g/mol. The monoisotopic (exact) mass is 399 g/mol. The Balaban J connectivity index is 1.46. The summed E-state index contributed by atoms with van der Waals surface area (Å²) in [5, 5.41) is 7.50. The molecule has 0 fully saturated rings. The predicted molar refractivity (Wildman–Crippen MR) is 109 cm³/mol. The van der Waals surface area contributed by atoms with E-state index in [9.17, 15) is 4.79 Å². The number of nitrogens with zero attached hydrogens (tertiary/aromatic N) is 2. The molecular formula is C20H18ClN3O2S. The molecule has 0 radical (unpaired) electrons. The third-order valence-corrected chi connectivity index (χ3v) is 4.68. The number of carbonyl (C=O) groups is 1. The van der Waals surface area contributed by atoms with E-state index in [4.69, 9.17) is 16.3 Å². The number of benzene rings is 2. The number of ether oxygens (including phenoxy) is 1. The Kier molecular flexibility index (Phi) is 6.57. The van der Waals surface area contributed by atoms with Crippen molar-refractivity contribution in [3.63, 3.8) is 0 Å². The number of nitrogens with one attached hydrogen (secondary N) is 1. The highest BCUT2D eigenvalue weighted by Crippen LogP contribution is 2.15. The second-order valence-corrected chi connectivity index (χ2v) is 7.31. The standard InChI is InChI=1S/C20H18ClN3O2S/c1-14-23-18(13-27-14)10-20(25)24-22-11-15-4-8-19(9-5-15)26-12-16-2-6-17(21)7-3-16/h2-9,11,13H,10,12H2,1H3,(H,24,25)/b22-11-. The van der Waals surface area contributed by atoms with Crippen LogP contribution < -0.4 is 10.2 Å². The van der Waals surface area contributed by atoms with Gasteiger partial charge in [0, 0.05) is 10.4 Å². The maximum absolute atomic E-state index is 11.8. The first kappa shape index (κ1) is 19.1. The minimum Gasteiger partial charge on any atom is -0.489 e. The van der Waals surface area contributed by atoms with Gasteiger partial charge in [0.15, 0.2) is 0 Å². The fraction of sp³-hybridized carbons (Fsp3) is 0.150. The maximum atomic E-state index is 11.8. The number of thiazole rings is 1. The van der Waals surface area contributed by atoms with Crippen molar-refractivity contribution in [2.75, 3.05) is 0 Å². The van der Waals surface area contributed by atoms with Crippen molar-refractivity contribution in [3.05, 3.63) is 80.8 Å². The van der Waals surface area contributed by atoms with Gasteiger partial charge in [-0.1, -0.05) is 23.7 Å². The molecule has 0 atom stereocenters. The van der Waals surface area contributed by atoms with Crippen molar-refractivity contribution >= 4 is 35.1 Å². The second kappa shape index (κ2) is 9.30. The van der Waals surface area contributed by atoms with Crippen LogP contribution >= 0.6 is 22.9 Å². The minimum absolute atomic E-state index is 0.195. The molecule has 0 saturated heterocycles. The third kappa shape index (κ3) is 6.20. The van der Waals surface area contributed by atoms with Gasteiger partial charge in [0.2, 0.25) is 5.91 Å². The van der Waals surface area contributed by atoms with Gasteiger partial charge in [-0.3, -0.25) is 4.79 Å². The maximum Gasteiger partial charge on any atom is 0.246 e. The number of hydrogen-bond acceptors (Lipinski definition) is 5. The number of halogens is 1. The highest BCUT2D eigenvalue weighted by atomic mass is 35.5. The number of hydrogen-bond donors (Lipinski definition) is 1. The Morgan fingerprint density at radius 2 is 1.96 bits per heavy atom. The zero-order chi connectivity index (χ0) is 19.1. The lowest BCUT2D eigenvalue weighted by atomic mass is 10.2. The largest absolute Gasteiger partial charge is 0.489 e. The van der Waals surface area contributed by atoms with E-state index in [0.717, 1.165) is 27.6 Å². The quantitative estimate of drug-likeness (QED) is 0.473. The summed E-state index contributed by atoms with van der Waals surface area (Å²) in [5.41, 5.74) is 5.17. The van der Waals surface area contributed by atoms with Crippen LogP contribution in [-0.2, 0) is 17.8 Å². The van der Waals surface area contributed by atoms with Crippen molar-refractivity contribution in [2.45, 2.75) is 20.0 Å². The van der Waals surface area contributed by atoms with Gasteiger partial charge in [-0.05, 0) is 54.4 Å². The molecule has 0 bridgehead atoms. The van der Waals surface area contributed by atoms with Crippen LogP contribution in [-0.4, -0.2) is 17.1 Å². The summed E-state index contributed by atoms with van der Waals surface area (Å²) >= 11 is 7.39. The summed E-state index contributed by atoms with van der Waals surface area (Å²) in [5.74, 6) is 0.560. The predicted octanol–water partition coefficient (Wildman–Crippen LogP) is 4.38. The van der Waals surface area contributed by atoms with E-state index in [1.807, 2.05) is 60.8 Å². The van der Waals surface area contributed by atoms with Gasteiger partial charge < -0.3 is 4.74 Å². The summed E-state index contributed by atoms with van der Waals surface area (Å²) in [6, 6.07) is 15.0. The van der Waals surface area contributed by atoms with Gasteiger partial charge in [-0.2, -0.15) is 5.10 Å². The molecule has 1 amide bonds. The molecule has 27 heavy (non-hydrogen) atoms. The average Bonchev–Trinajstić information content (AvgIpc) is 3.07. The molecule has 0 aliphatic heterocycles. The Labute approximate surface area is 166 Å². The first-order chi connectivity index (χ1) is 13.1. The number of carbonyl (C=O) groups excluding carboxylic acids is 1. The lowest BCUT2D eigenvalue weighted by molar-refractivity contribution is -0.120. The molecule has 0 unspecified atom stereocenters. The van der Waals surface area contributed by atoms with Gasteiger partial charge in [-0.15, -0.1) is 11.3 Å². The van der Waals surface area contributed by atoms with Gasteiger partial charge in [0.05, 0.1) is 23.3 Å². The number of amides is 1. The summed E-state index contributed by atoms with van der Waals surface area (Å²) in [6.45, 7) is 2.38. The Bertz CT molecular complexity index is 921. The SMILES string of the molecule is Cc1nc(CC(=O)N/N=C\c2ccc(OCc3ccc(Cl)cc3)cc2)cs1. The van der Waals surface area contributed by atoms with Gasteiger partial charge in [-0.25, -0.2) is 10.4 Å². The van der Waals surface area contributed by atoms with E-state index >= 15 is 0 Å². The van der Waals surface area contributed by atoms with Crippen LogP contribution in [0.1, 0.15) is 21.8 Å². The second-order valence-electron chi connectivity index (χ2n) is 5.81. The molecule has 0 aliphatic rings. The zero-order valence-corrected chi connectivity index (χ0v) is 16.3. The van der Waals surface area contributed by atoms with Crippen LogP contribution in [0, 0.1) is 6.92 Å². The Hall–Kier alpha value is -2.70. The molecular weight excluding hydrogens is 382 g/mol. The van der Waals surface area contributed by atoms with Crippen LogP contribution in [0.25, 0.3) is 0 Å². The smallest absolute Gasteiger partial charge is 0.246 e. The van der Waals surface area contributed by atoms with Crippen LogP contribution in [0.5, 0.6) is 5.75 Å². The molecule has 3 aromatic rings.